The van der Waals surface area contributed by atoms with Crippen LogP contribution in [-0.2, 0) is 9.84 Å². The summed E-state index contributed by atoms with van der Waals surface area (Å²) in [6.45, 7) is 0. The first-order valence-electron chi connectivity index (χ1n) is 3.96. The third kappa shape index (κ3) is 1.56. The molecule has 1 aromatic heterocycles. The van der Waals surface area contributed by atoms with Crippen LogP contribution in [-0.4, -0.2) is 18.7 Å². The molecule has 0 unspecified atom stereocenters. The first-order chi connectivity index (χ1) is 6.10. The molecule has 13 heavy (non-hydrogen) atoms. The van der Waals surface area contributed by atoms with E-state index in [4.69, 9.17) is 0 Å². The zero-order chi connectivity index (χ0) is 9.47. The second kappa shape index (κ2) is 2.77. The van der Waals surface area contributed by atoms with Gasteiger partial charge in [-0.25, -0.2) is 13.4 Å². The maximum absolute atomic E-state index is 12.6. The smallest absolute Gasteiger partial charge is 0.214 e. The fourth-order valence-electron chi connectivity index (χ4n) is 1.13. The Bertz CT molecular complexity index is 426. The topological polar surface area (TPSA) is 47.0 Å². The van der Waals surface area contributed by atoms with Crippen molar-refractivity contribution >= 4 is 9.84 Å². The van der Waals surface area contributed by atoms with Crippen LogP contribution >= 0.6 is 0 Å². The van der Waals surface area contributed by atoms with Crippen LogP contribution < -0.4 is 0 Å². The van der Waals surface area contributed by atoms with Crippen LogP contribution in [0.5, 0.6) is 0 Å². The molecule has 0 aliphatic heterocycles. The summed E-state index contributed by atoms with van der Waals surface area (Å²) in [7, 11) is -3.27. The minimum absolute atomic E-state index is 0.0440. The standard InChI is InChI=1S/C8H8FNO2S/c9-8-5-7(3-4-10-8)13(11,12)6-1-2-6/h3-6H,1-2H2. The molecule has 0 spiro atoms. The van der Waals surface area contributed by atoms with E-state index in [0.717, 1.165) is 6.07 Å². The van der Waals surface area contributed by atoms with Gasteiger partial charge in [-0.3, -0.25) is 0 Å². The molecule has 5 heteroatoms. The lowest BCUT2D eigenvalue weighted by Crippen LogP contribution is -2.07. The summed E-state index contributed by atoms with van der Waals surface area (Å²) in [6, 6.07) is 2.30. The van der Waals surface area contributed by atoms with E-state index < -0.39 is 15.8 Å². The van der Waals surface area contributed by atoms with Gasteiger partial charge in [0.05, 0.1) is 10.1 Å². The van der Waals surface area contributed by atoms with Crippen molar-refractivity contribution in [2.75, 3.05) is 0 Å². The molecule has 2 rings (SSSR count). The lowest BCUT2D eigenvalue weighted by molar-refractivity contribution is 0.571. The van der Waals surface area contributed by atoms with E-state index in [9.17, 15) is 12.8 Å². The van der Waals surface area contributed by atoms with Gasteiger partial charge in [-0.05, 0) is 18.9 Å². The van der Waals surface area contributed by atoms with Gasteiger partial charge in [0.15, 0.2) is 9.84 Å². The SMILES string of the molecule is O=S(=O)(c1ccnc(F)c1)C1CC1. The highest BCUT2D eigenvalue weighted by atomic mass is 32.2. The first-order valence-corrected chi connectivity index (χ1v) is 5.51. The van der Waals surface area contributed by atoms with Gasteiger partial charge in [0.25, 0.3) is 0 Å². The molecular weight excluding hydrogens is 193 g/mol. The third-order valence-electron chi connectivity index (χ3n) is 1.99. The average Bonchev–Trinajstić information content (AvgIpc) is 2.86. The molecule has 0 bridgehead atoms. The van der Waals surface area contributed by atoms with Crippen LogP contribution in [0.1, 0.15) is 12.8 Å². The molecule has 1 aliphatic carbocycles. The minimum Gasteiger partial charge on any atom is -0.228 e. The van der Waals surface area contributed by atoms with Crippen molar-refractivity contribution in [2.45, 2.75) is 23.0 Å². The van der Waals surface area contributed by atoms with Gasteiger partial charge in [-0.1, -0.05) is 0 Å². The normalized spacial score (nSPS) is 17.3. The number of sulfone groups is 1. The molecule has 3 nitrogen and oxygen atoms in total. The second-order valence-corrected chi connectivity index (χ2v) is 5.29. The van der Waals surface area contributed by atoms with E-state index in [1.807, 2.05) is 0 Å². The van der Waals surface area contributed by atoms with E-state index in [-0.39, 0.29) is 10.1 Å². The largest absolute Gasteiger partial charge is 0.228 e. The maximum Gasteiger partial charge on any atom is 0.214 e. The monoisotopic (exact) mass is 201 g/mol. The Morgan fingerprint density at radius 1 is 1.46 bits per heavy atom. The molecule has 0 N–H and O–H groups in total. The summed E-state index contributed by atoms with van der Waals surface area (Å²) in [4.78, 5) is 3.35. The van der Waals surface area contributed by atoms with E-state index >= 15 is 0 Å². The van der Waals surface area contributed by atoms with Gasteiger partial charge in [0.2, 0.25) is 5.95 Å². The Hall–Kier alpha value is -0.970. The van der Waals surface area contributed by atoms with Crippen LogP contribution in [0.2, 0.25) is 0 Å². The zero-order valence-electron chi connectivity index (χ0n) is 6.77. The summed E-state index contributed by atoms with van der Waals surface area (Å²) >= 11 is 0. The third-order valence-corrected chi connectivity index (χ3v) is 4.25. The fraction of sp³-hybridized carbons (Fsp3) is 0.375. The van der Waals surface area contributed by atoms with Crippen LogP contribution in [0.25, 0.3) is 0 Å². The number of halogens is 1. The zero-order valence-corrected chi connectivity index (χ0v) is 7.59. The van der Waals surface area contributed by atoms with Crippen molar-refractivity contribution in [1.29, 1.82) is 0 Å². The lowest BCUT2D eigenvalue weighted by Gasteiger charge is -2.00. The molecule has 1 aliphatic rings. The van der Waals surface area contributed by atoms with E-state index in [0.29, 0.717) is 12.8 Å². The van der Waals surface area contributed by atoms with Crippen molar-refractivity contribution in [1.82, 2.24) is 4.98 Å². The Morgan fingerprint density at radius 2 is 2.15 bits per heavy atom. The summed E-state index contributed by atoms with van der Waals surface area (Å²) < 4.78 is 35.7. The highest BCUT2D eigenvalue weighted by Gasteiger charge is 2.36. The predicted molar refractivity (Wildman–Crippen MR) is 44.4 cm³/mol. The number of hydrogen-bond acceptors (Lipinski definition) is 3. The van der Waals surface area contributed by atoms with Crippen molar-refractivity contribution < 1.29 is 12.8 Å². The highest BCUT2D eigenvalue weighted by molar-refractivity contribution is 7.92. The van der Waals surface area contributed by atoms with Crippen molar-refractivity contribution in [3.63, 3.8) is 0 Å². The predicted octanol–water partition coefficient (Wildman–Crippen LogP) is 1.16. The van der Waals surface area contributed by atoms with Gasteiger partial charge in [0, 0.05) is 12.3 Å². The van der Waals surface area contributed by atoms with Crippen molar-refractivity contribution in [3.05, 3.63) is 24.3 Å². The molecule has 70 valence electrons. The van der Waals surface area contributed by atoms with Crippen LogP contribution in [0.3, 0.4) is 0 Å². The number of rotatable bonds is 2. The summed E-state index contributed by atoms with van der Waals surface area (Å²) in [5, 5.41) is -0.297. The molecule has 1 aromatic rings. The number of nitrogens with zero attached hydrogens (tertiary/aromatic N) is 1. The average molecular weight is 201 g/mol. The van der Waals surface area contributed by atoms with Gasteiger partial charge < -0.3 is 0 Å². The summed E-state index contributed by atoms with van der Waals surface area (Å²) in [6.07, 6.45) is 2.54. The van der Waals surface area contributed by atoms with Gasteiger partial charge in [-0.15, -0.1) is 0 Å². The number of pyridine rings is 1. The molecular formula is C8H8FNO2S. The van der Waals surface area contributed by atoms with E-state index in [1.165, 1.54) is 12.3 Å². The first kappa shape index (κ1) is 8.62. The Morgan fingerprint density at radius 3 is 2.69 bits per heavy atom. The van der Waals surface area contributed by atoms with Crippen molar-refractivity contribution in [2.24, 2.45) is 0 Å². The molecule has 0 atom stereocenters. The van der Waals surface area contributed by atoms with Crippen LogP contribution in [0.4, 0.5) is 4.39 Å². The molecule has 0 amide bonds. The Labute approximate surface area is 75.5 Å². The van der Waals surface area contributed by atoms with Crippen LogP contribution in [0.15, 0.2) is 23.2 Å². The van der Waals surface area contributed by atoms with Gasteiger partial charge >= 0.3 is 0 Å². The molecule has 1 fully saturated rings. The fourth-order valence-corrected chi connectivity index (χ4v) is 2.79. The minimum atomic E-state index is -3.27. The number of aromatic nitrogens is 1. The van der Waals surface area contributed by atoms with Crippen molar-refractivity contribution in [3.8, 4) is 0 Å². The molecule has 1 heterocycles. The van der Waals surface area contributed by atoms with Crippen LogP contribution in [0, 0.1) is 5.95 Å². The highest BCUT2D eigenvalue weighted by Crippen LogP contribution is 2.33. The maximum atomic E-state index is 12.6. The lowest BCUT2D eigenvalue weighted by atomic mass is 10.5. The molecule has 1 saturated carbocycles. The molecule has 0 radical (unpaired) electrons. The van der Waals surface area contributed by atoms with E-state index in [1.54, 1.807) is 0 Å². The Balaban J connectivity index is 2.45. The molecule has 0 saturated heterocycles. The van der Waals surface area contributed by atoms with E-state index in [2.05, 4.69) is 4.98 Å². The summed E-state index contributed by atoms with van der Waals surface area (Å²) in [5.41, 5.74) is 0. The second-order valence-electron chi connectivity index (χ2n) is 3.06. The Kier molecular flexibility index (Phi) is 1.83. The number of hydrogen-bond donors (Lipinski definition) is 0. The summed E-state index contributed by atoms with van der Waals surface area (Å²) in [5.74, 6) is -0.748. The quantitative estimate of drug-likeness (QED) is 0.674. The van der Waals surface area contributed by atoms with Gasteiger partial charge in [-0.2, -0.15) is 4.39 Å². The van der Waals surface area contributed by atoms with Gasteiger partial charge in [0.1, 0.15) is 0 Å². The molecule has 0 aromatic carbocycles.